The number of carboxylic acid groups (broad SMARTS) is 1. The monoisotopic (exact) mass is 523 g/mol. The van der Waals surface area contributed by atoms with E-state index in [9.17, 15) is 24.3 Å². The van der Waals surface area contributed by atoms with Crippen LogP contribution in [0.25, 0.3) is 0 Å². The van der Waals surface area contributed by atoms with Gasteiger partial charge in [-0.15, -0.1) is 0 Å². The molecule has 0 heterocycles. The Hall–Kier alpha value is -3.14. The first-order valence-electron chi connectivity index (χ1n) is 12.9. The first-order valence-corrected chi connectivity index (χ1v) is 12.9. The van der Waals surface area contributed by atoms with Gasteiger partial charge in [0, 0.05) is 18.8 Å². The van der Waals surface area contributed by atoms with Crippen LogP contribution in [0, 0.1) is 5.92 Å². The lowest BCUT2D eigenvalue weighted by Crippen LogP contribution is -2.40. The Morgan fingerprint density at radius 1 is 0.919 bits per heavy atom. The van der Waals surface area contributed by atoms with Crippen molar-refractivity contribution in [2.45, 2.75) is 97.6 Å². The number of carbonyl (C=O) groups is 4. The highest BCUT2D eigenvalue weighted by molar-refractivity contribution is 5.77. The van der Waals surface area contributed by atoms with Crippen LogP contribution in [0.15, 0.2) is 18.2 Å². The molecule has 4 atom stereocenters. The molecule has 3 unspecified atom stereocenters. The summed E-state index contributed by atoms with van der Waals surface area (Å²) in [5.41, 5.74) is 6.45. The number of benzene rings is 1. The third-order valence-electron chi connectivity index (χ3n) is 5.89. The molecule has 0 aliphatic rings. The van der Waals surface area contributed by atoms with E-state index in [0.29, 0.717) is 24.8 Å². The molecule has 1 aromatic carbocycles. The summed E-state index contributed by atoms with van der Waals surface area (Å²) >= 11 is 0. The van der Waals surface area contributed by atoms with Gasteiger partial charge in [0.15, 0.2) is 11.5 Å². The van der Waals surface area contributed by atoms with Crippen LogP contribution in [0.1, 0.15) is 91.0 Å². The molecule has 0 radical (unpaired) electrons. The highest BCUT2D eigenvalue weighted by atomic mass is 16.7. The third-order valence-corrected chi connectivity index (χ3v) is 5.89. The molecule has 10 nitrogen and oxygen atoms in total. The van der Waals surface area contributed by atoms with Crippen molar-refractivity contribution in [1.82, 2.24) is 0 Å². The smallest absolute Gasteiger partial charge is 0.480 e. The Balaban J connectivity index is 3.27. The Morgan fingerprint density at radius 3 is 2.00 bits per heavy atom. The first kappa shape index (κ1) is 31.9. The lowest BCUT2D eigenvalue weighted by Gasteiger charge is -2.28. The zero-order valence-electron chi connectivity index (χ0n) is 22.5. The molecule has 0 aliphatic carbocycles. The topological polar surface area (TPSA) is 151 Å². The van der Waals surface area contributed by atoms with Gasteiger partial charge in [-0.25, -0.2) is 4.79 Å². The lowest BCUT2D eigenvalue weighted by molar-refractivity contribution is -0.139. The van der Waals surface area contributed by atoms with Crippen molar-refractivity contribution in [3.63, 3.8) is 0 Å². The maximum atomic E-state index is 12.4. The molecule has 10 heteroatoms. The number of carboxylic acids is 1. The summed E-state index contributed by atoms with van der Waals surface area (Å²) in [6.07, 6.45) is 2.69. The van der Waals surface area contributed by atoms with Crippen LogP contribution in [0.2, 0.25) is 0 Å². The molecule has 0 aliphatic heterocycles. The molecule has 208 valence electrons. The molecular weight excluding hydrogens is 482 g/mol. The summed E-state index contributed by atoms with van der Waals surface area (Å²) in [6, 6.07) is 3.11. The molecular formula is C27H41NO9. The van der Waals surface area contributed by atoms with Crippen molar-refractivity contribution in [3.8, 4) is 11.5 Å². The number of nitrogens with two attached hydrogens (primary N) is 1. The van der Waals surface area contributed by atoms with Crippen LogP contribution in [-0.2, 0) is 23.9 Å². The minimum absolute atomic E-state index is 0.00432. The largest absolute Gasteiger partial charge is 0.508 e. The van der Waals surface area contributed by atoms with E-state index in [4.69, 9.17) is 24.7 Å². The summed E-state index contributed by atoms with van der Waals surface area (Å²) in [5.74, 6) is -3.55. The number of hydrogen-bond donors (Lipinski definition) is 2. The van der Waals surface area contributed by atoms with Crippen molar-refractivity contribution in [3.05, 3.63) is 23.8 Å². The van der Waals surface area contributed by atoms with Gasteiger partial charge in [0.05, 0.1) is 6.61 Å². The quantitative estimate of drug-likeness (QED) is 0.225. The summed E-state index contributed by atoms with van der Waals surface area (Å²) < 4.78 is 21.2. The van der Waals surface area contributed by atoms with Crippen molar-refractivity contribution < 1.29 is 43.2 Å². The highest BCUT2D eigenvalue weighted by Crippen LogP contribution is 2.36. The Kier molecular flexibility index (Phi) is 14.3. The first-order chi connectivity index (χ1) is 17.5. The molecule has 3 N–H and O–H groups in total. The van der Waals surface area contributed by atoms with Crippen LogP contribution in [0.4, 0.5) is 4.79 Å². The number of hydrogen-bond acceptors (Lipinski definition) is 9. The number of aliphatic carboxylic acids is 1. The number of rotatable bonds is 16. The van der Waals surface area contributed by atoms with Crippen LogP contribution >= 0.6 is 0 Å². The van der Waals surface area contributed by atoms with Gasteiger partial charge in [-0.2, -0.15) is 0 Å². The Labute approximate surface area is 218 Å². The van der Waals surface area contributed by atoms with E-state index < -0.39 is 41.9 Å². The molecule has 37 heavy (non-hydrogen) atoms. The van der Waals surface area contributed by atoms with E-state index in [2.05, 4.69) is 0 Å². The highest BCUT2D eigenvalue weighted by Gasteiger charge is 2.33. The van der Waals surface area contributed by atoms with Gasteiger partial charge in [-0.3, -0.25) is 14.4 Å². The standard InChI is InChI=1S/C27H41NO9/c1-6-9-11-22(29)36-20-14-13-19(15-21(20)37-23(30)12-10-7-2)24(25(28)26(31)32)17(4)16-34-27(33)35-18(5)8-3/h13-15,17-18,24-25H,6-12,16,28H2,1-5H3,(H,31,32)/t17?,18?,24?,25-/m0/s1. The fourth-order valence-corrected chi connectivity index (χ4v) is 3.51. The second-order valence-corrected chi connectivity index (χ2v) is 9.13. The fraction of sp³-hybridized carbons (Fsp3) is 0.630. The minimum atomic E-state index is -1.36. The molecule has 0 bridgehead atoms. The van der Waals surface area contributed by atoms with Crippen LogP contribution in [-0.4, -0.2) is 47.9 Å². The van der Waals surface area contributed by atoms with Crippen LogP contribution < -0.4 is 15.2 Å². The van der Waals surface area contributed by atoms with E-state index in [1.165, 1.54) is 12.1 Å². The molecule has 0 aromatic heterocycles. The molecule has 0 amide bonds. The predicted octanol–water partition coefficient (Wildman–Crippen LogP) is 4.96. The molecule has 1 aromatic rings. The zero-order valence-corrected chi connectivity index (χ0v) is 22.5. The van der Waals surface area contributed by atoms with Crippen molar-refractivity contribution >= 4 is 24.1 Å². The van der Waals surface area contributed by atoms with E-state index in [0.717, 1.165) is 12.8 Å². The van der Waals surface area contributed by atoms with Crippen LogP contribution in [0.5, 0.6) is 11.5 Å². The van der Waals surface area contributed by atoms with E-state index in [-0.39, 0.29) is 37.1 Å². The van der Waals surface area contributed by atoms with Gasteiger partial charge in [0.25, 0.3) is 0 Å². The predicted molar refractivity (Wildman–Crippen MR) is 136 cm³/mol. The minimum Gasteiger partial charge on any atom is -0.480 e. The normalized spacial score (nSPS) is 14.1. The second-order valence-electron chi connectivity index (χ2n) is 9.13. The molecule has 0 fully saturated rings. The van der Waals surface area contributed by atoms with E-state index in [1.807, 2.05) is 20.8 Å². The molecule has 0 saturated heterocycles. The molecule has 0 saturated carbocycles. The maximum Gasteiger partial charge on any atom is 0.508 e. The second kappa shape index (κ2) is 16.6. The van der Waals surface area contributed by atoms with E-state index in [1.54, 1.807) is 19.9 Å². The average molecular weight is 524 g/mol. The van der Waals surface area contributed by atoms with Gasteiger partial charge < -0.3 is 29.8 Å². The molecule has 0 spiro atoms. The zero-order chi connectivity index (χ0) is 28.0. The fourth-order valence-electron chi connectivity index (χ4n) is 3.51. The number of unbranched alkanes of at least 4 members (excludes halogenated alkanes) is 2. The summed E-state index contributed by atoms with van der Waals surface area (Å²) in [4.78, 5) is 48.4. The van der Waals surface area contributed by atoms with Gasteiger partial charge in [0.1, 0.15) is 12.1 Å². The third kappa shape index (κ3) is 11.2. The maximum absolute atomic E-state index is 12.4. The average Bonchev–Trinajstić information content (AvgIpc) is 2.86. The number of ether oxygens (including phenoxy) is 4. The van der Waals surface area contributed by atoms with Gasteiger partial charge >= 0.3 is 24.1 Å². The van der Waals surface area contributed by atoms with Gasteiger partial charge in [0.2, 0.25) is 0 Å². The van der Waals surface area contributed by atoms with E-state index >= 15 is 0 Å². The SMILES string of the molecule is CCCCC(=O)Oc1ccc(C(C(C)COC(=O)OC(C)CC)[C@H](N)C(=O)O)cc1OC(=O)CCCC. The summed E-state index contributed by atoms with van der Waals surface area (Å²) in [7, 11) is 0. The number of carbonyl (C=O) groups excluding carboxylic acids is 3. The van der Waals surface area contributed by atoms with Crippen molar-refractivity contribution in [2.75, 3.05) is 6.61 Å². The van der Waals surface area contributed by atoms with Gasteiger partial charge in [-0.05, 0) is 49.8 Å². The van der Waals surface area contributed by atoms with Gasteiger partial charge in [-0.1, -0.05) is 46.6 Å². The van der Waals surface area contributed by atoms with Crippen LogP contribution in [0.3, 0.4) is 0 Å². The molecule has 1 rings (SSSR count). The lowest BCUT2D eigenvalue weighted by atomic mass is 9.82. The summed E-state index contributed by atoms with van der Waals surface area (Å²) in [6.45, 7) is 9.02. The Morgan fingerprint density at radius 2 is 1.49 bits per heavy atom. The Bertz CT molecular complexity index is 902. The summed E-state index contributed by atoms with van der Waals surface area (Å²) in [5, 5.41) is 9.65. The number of esters is 2. The van der Waals surface area contributed by atoms with Crippen molar-refractivity contribution in [1.29, 1.82) is 0 Å². The van der Waals surface area contributed by atoms with Crippen molar-refractivity contribution in [2.24, 2.45) is 11.7 Å².